The summed E-state index contributed by atoms with van der Waals surface area (Å²) in [6.45, 7) is 4.70. The summed E-state index contributed by atoms with van der Waals surface area (Å²) < 4.78 is 0. The Bertz CT molecular complexity index is 602. The smallest absolute Gasteiger partial charge is 0.275 e. The largest absolute Gasteiger partial charge is 0.335 e. The van der Waals surface area contributed by atoms with Gasteiger partial charge in [0.1, 0.15) is 0 Å². The van der Waals surface area contributed by atoms with Crippen molar-refractivity contribution in [2.24, 2.45) is 5.73 Å². The number of carbonyl (C=O) groups is 1. The van der Waals surface area contributed by atoms with Gasteiger partial charge in [0.05, 0.1) is 10.9 Å². The molecule has 1 fully saturated rings. The summed E-state index contributed by atoms with van der Waals surface area (Å²) in [6.07, 6.45) is 3.36. The molecule has 0 aromatic carbocycles. The molecule has 1 amide bonds. The molecule has 7 heteroatoms. The number of rotatable bonds is 3. The third-order valence-electron chi connectivity index (χ3n) is 3.67. The summed E-state index contributed by atoms with van der Waals surface area (Å²) >= 11 is 0. The van der Waals surface area contributed by atoms with Crippen LogP contribution in [-0.2, 0) is 0 Å². The van der Waals surface area contributed by atoms with E-state index in [1.807, 2.05) is 11.0 Å². The van der Waals surface area contributed by atoms with Crippen molar-refractivity contribution in [3.8, 4) is 0 Å². The summed E-state index contributed by atoms with van der Waals surface area (Å²) in [7, 11) is 0. The molecule has 1 saturated heterocycles. The minimum Gasteiger partial charge on any atom is -0.335 e. The topological polar surface area (TPSA) is 91.1 Å². The quantitative estimate of drug-likeness (QED) is 0.800. The Morgan fingerprint density at radius 3 is 2.90 bits per heavy atom. The normalized spacial score (nSPS) is 16.8. The zero-order valence-electron chi connectivity index (χ0n) is 11.2. The fourth-order valence-corrected chi connectivity index (χ4v) is 2.53. The van der Waals surface area contributed by atoms with E-state index in [1.54, 1.807) is 12.4 Å². The van der Waals surface area contributed by atoms with Crippen LogP contribution in [0.1, 0.15) is 10.5 Å². The van der Waals surface area contributed by atoms with E-state index in [9.17, 15) is 4.79 Å². The van der Waals surface area contributed by atoms with Crippen molar-refractivity contribution in [1.29, 1.82) is 0 Å². The monoisotopic (exact) mass is 274 g/mol. The minimum atomic E-state index is -0.0309. The number of hydrogen-bond donors (Lipinski definition) is 2. The summed E-state index contributed by atoms with van der Waals surface area (Å²) in [5.74, 6) is -0.0309. The molecule has 0 aliphatic carbocycles. The Balaban J connectivity index is 1.74. The Morgan fingerprint density at radius 1 is 1.35 bits per heavy atom. The maximum absolute atomic E-state index is 12.5. The van der Waals surface area contributed by atoms with Gasteiger partial charge in [0.15, 0.2) is 5.69 Å². The standard InChI is InChI=1S/C13H18N6O/c14-2-4-18-5-7-19(8-6-18)13(20)12-10-9-15-3-1-11(10)16-17-12/h1,3,9H,2,4-8,14H2,(H,16,17). The van der Waals surface area contributed by atoms with Crippen LogP contribution >= 0.6 is 0 Å². The third kappa shape index (κ3) is 2.37. The average Bonchev–Trinajstić information content (AvgIpc) is 2.92. The lowest BCUT2D eigenvalue weighted by molar-refractivity contribution is 0.0637. The Kier molecular flexibility index (Phi) is 3.62. The van der Waals surface area contributed by atoms with E-state index < -0.39 is 0 Å². The maximum atomic E-state index is 12.5. The first-order valence-electron chi connectivity index (χ1n) is 6.79. The Labute approximate surface area is 116 Å². The Hall–Kier alpha value is -1.99. The molecule has 0 atom stereocenters. The van der Waals surface area contributed by atoms with Gasteiger partial charge in [-0.25, -0.2) is 0 Å². The van der Waals surface area contributed by atoms with Crippen LogP contribution in [0.5, 0.6) is 0 Å². The number of nitrogens with one attached hydrogen (secondary N) is 1. The first kappa shape index (κ1) is 13.0. The second-order valence-corrected chi connectivity index (χ2v) is 4.92. The first-order chi connectivity index (χ1) is 9.79. The highest BCUT2D eigenvalue weighted by molar-refractivity contribution is 6.04. The second kappa shape index (κ2) is 5.56. The lowest BCUT2D eigenvalue weighted by atomic mass is 10.2. The highest BCUT2D eigenvalue weighted by Crippen LogP contribution is 2.16. The van der Waals surface area contributed by atoms with Crippen LogP contribution in [0.4, 0.5) is 0 Å². The van der Waals surface area contributed by atoms with Crippen LogP contribution in [0.15, 0.2) is 18.5 Å². The second-order valence-electron chi connectivity index (χ2n) is 4.92. The molecule has 0 saturated carbocycles. The van der Waals surface area contributed by atoms with Crippen molar-refractivity contribution in [2.75, 3.05) is 39.3 Å². The number of pyridine rings is 1. The molecule has 0 radical (unpaired) electrons. The molecule has 3 heterocycles. The van der Waals surface area contributed by atoms with E-state index >= 15 is 0 Å². The molecule has 20 heavy (non-hydrogen) atoms. The summed E-state index contributed by atoms with van der Waals surface area (Å²) in [4.78, 5) is 20.7. The molecule has 3 rings (SSSR count). The molecule has 1 aliphatic rings. The van der Waals surface area contributed by atoms with Gasteiger partial charge in [-0.1, -0.05) is 0 Å². The van der Waals surface area contributed by atoms with Crippen molar-refractivity contribution in [2.45, 2.75) is 0 Å². The molecule has 3 N–H and O–H groups in total. The van der Waals surface area contributed by atoms with Gasteiger partial charge >= 0.3 is 0 Å². The number of aromatic amines is 1. The van der Waals surface area contributed by atoms with Crippen molar-refractivity contribution >= 4 is 16.8 Å². The number of piperazine rings is 1. The van der Waals surface area contributed by atoms with E-state index in [-0.39, 0.29) is 5.91 Å². The number of nitrogens with zero attached hydrogens (tertiary/aromatic N) is 4. The zero-order chi connectivity index (χ0) is 13.9. The lowest BCUT2D eigenvalue weighted by Crippen LogP contribution is -2.49. The van der Waals surface area contributed by atoms with E-state index in [0.717, 1.165) is 30.5 Å². The lowest BCUT2D eigenvalue weighted by Gasteiger charge is -2.34. The van der Waals surface area contributed by atoms with E-state index in [4.69, 9.17) is 5.73 Å². The minimum absolute atomic E-state index is 0.0309. The fourth-order valence-electron chi connectivity index (χ4n) is 2.53. The van der Waals surface area contributed by atoms with Gasteiger partial charge in [-0.05, 0) is 6.07 Å². The van der Waals surface area contributed by atoms with Crippen LogP contribution in [-0.4, -0.2) is 70.2 Å². The van der Waals surface area contributed by atoms with Gasteiger partial charge in [-0.3, -0.25) is 19.8 Å². The van der Waals surface area contributed by atoms with Crippen molar-refractivity contribution in [1.82, 2.24) is 25.0 Å². The van der Waals surface area contributed by atoms with Crippen LogP contribution in [0.25, 0.3) is 10.9 Å². The summed E-state index contributed by atoms with van der Waals surface area (Å²) in [5, 5.41) is 7.79. The van der Waals surface area contributed by atoms with Crippen molar-refractivity contribution in [3.63, 3.8) is 0 Å². The highest BCUT2D eigenvalue weighted by Gasteiger charge is 2.24. The summed E-state index contributed by atoms with van der Waals surface area (Å²) in [6, 6.07) is 1.82. The van der Waals surface area contributed by atoms with Gasteiger partial charge < -0.3 is 10.6 Å². The molecule has 0 spiro atoms. The number of aromatic nitrogens is 3. The number of fused-ring (bicyclic) bond motifs is 1. The zero-order valence-corrected chi connectivity index (χ0v) is 11.2. The van der Waals surface area contributed by atoms with Crippen LogP contribution in [0.3, 0.4) is 0 Å². The molecule has 2 aromatic rings. The average molecular weight is 274 g/mol. The number of nitrogens with two attached hydrogens (primary N) is 1. The molecule has 0 bridgehead atoms. The van der Waals surface area contributed by atoms with Gasteiger partial charge in [-0.15, -0.1) is 0 Å². The number of carbonyl (C=O) groups excluding carboxylic acids is 1. The summed E-state index contributed by atoms with van der Waals surface area (Å²) in [5.41, 5.74) is 6.85. The first-order valence-corrected chi connectivity index (χ1v) is 6.79. The molecular formula is C13H18N6O. The highest BCUT2D eigenvalue weighted by atomic mass is 16.2. The Morgan fingerprint density at radius 2 is 2.15 bits per heavy atom. The van der Waals surface area contributed by atoms with Gasteiger partial charge in [0, 0.05) is 51.7 Å². The number of amides is 1. The molecule has 2 aromatic heterocycles. The molecule has 0 unspecified atom stereocenters. The predicted octanol–water partition coefficient (Wildman–Crippen LogP) is -0.326. The maximum Gasteiger partial charge on any atom is 0.275 e. The SMILES string of the molecule is NCCN1CCN(C(=O)c2n[nH]c3ccncc23)CC1. The van der Waals surface area contributed by atoms with Gasteiger partial charge in [0.25, 0.3) is 5.91 Å². The van der Waals surface area contributed by atoms with E-state index in [1.165, 1.54) is 0 Å². The van der Waals surface area contributed by atoms with Crippen LogP contribution < -0.4 is 5.73 Å². The third-order valence-corrected chi connectivity index (χ3v) is 3.67. The predicted molar refractivity (Wildman–Crippen MR) is 75.3 cm³/mol. The van der Waals surface area contributed by atoms with Crippen molar-refractivity contribution < 1.29 is 4.79 Å². The van der Waals surface area contributed by atoms with Gasteiger partial charge in [-0.2, -0.15) is 5.10 Å². The fraction of sp³-hybridized carbons (Fsp3) is 0.462. The molecular weight excluding hydrogens is 256 g/mol. The van der Waals surface area contributed by atoms with Crippen LogP contribution in [0, 0.1) is 0 Å². The van der Waals surface area contributed by atoms with E-state index in [2.05, 4.69) is 20.1 Å². The van der Waals surface area contributed by atoms with Crippen molar-refractivity contribution in [3.05, 3.63) is 24.2 Å². The molecule has 106 valence electrons. The van der Waals surface area contributed by atoms with Gasteiger partial charge in [0.2, 0.25) is 0 Å². The molecule has 7 nitrogen and oxygen atoms in total. The number of hydrogen-bond acceptors (Lipinski definition) is 5. The van der Waals surface area contributed by atoms with Crippen LogP contribution in [0.2, 0.25) is 0 Å². The number of H-pyrrole nitrogens is 1. The molecule has 1 aliphatic heterocycles. The van der Waals surface area contributed by atoms with E-state index in [0.29, 0.717) is 25.3 Å².